The zero-order valence-electron chi connectivity index (χ0n) is 15.4. The summed E-state index contributed by atoms with van der Waals surface area (Å²) in [6, 6.07) is 7.18. The van der Waals surface area contributed by atoms with E-state index in [9.17, 15) is 14.7 Å². The standard InChI is InChI=1S/C20H17ClO7/c1-10-15(22)5-4-13-12(8-17(23)28-18(10)13)9-27-20(24)11-6-14(21)19(26-3)16(7-11)25-2/h4-8,22H,9H2,1-3H3. The third kappa shape index (κ3) is 3.61. The minimum absolute atomic E-state index is 0.00441. The lowest BCUT2D eigenvalue weighted by molar-refractivity contribution is 0.0473. The SMILES string of the molecule is COc1cc(C(=O)OCc2cc(=O)oc3c(C)c(O)ccc23)cc(Cl)c1OC. The summed E-state index contributed by atoms with van der Waals surface area (Å²) in [6.07, 6.45) is 0. The van der Waals surface area contributed by atoms with E-state index in [2.05, 4.69) is 0 Å². The number of hydrogen-bond donors (Lipinski definition) is 1. The Hall–Kier alpha value is -3.19. The first kappa shape index (κ1) is 19.6. The Kier molecular flexibility index (Phi) is 5.46. The normalized spacial score (nSPS) is 10.7. The van der Waals surface area contributed by atoms with Crippen LogP contribution in [0.1, 0.15) is 21.5 Å². The third-order valence-electron chi connectivity index (χ3n) is 4.25. The Labute approximate surface area is 165 Å². The number of rotatable bonds is 5. The fourth-order valence-electron chi connectivity index (χ4n) is 2.80. The van der Waals surface area contributed by atoms with Crippen molar-refractivity contribution in [2.45, 2.75) is 13.5 Å². The van der Waals surface area contributed by atoms with E-state index < -0.39 is 11.6 Å². The van der Waals surface area contributed by atoms with E-state index in [1.165, 1.54) is 38.5 Å². The Morgan fingerprint density at radius 1 is 1.18 bits per heavy atom. The van der Waals surface area contributed by atoms with Gasteiger partial charge in [0.2, 0.25) is 0 Å². The minimum atomic E-state index is -0.653. The predicted octanol–water partition coefficient (Wildman–Crippen LogP) is 3.83. The number of phenols is 1. The van der Waals surface area contributed by atoms with E-state index in [1.807, 2.05) is 0 Å². The molecule has 8 heteroatoms. The predicted molar refractivity (Wildman–Crippen MR) is 103 cm³/mol. The molecule has 0 aliphatic heterocycles. The molecule has 2 aromatic carbocycles. The molecule has 0 aliphatic rings. The highest BCUT2D eigenvalue weighted by Crippen LogP contribution is 2.36. The molecular formula is C20H17ClO7. The second kappa shape index (κ2) is 7.82. The van der Waals surface area contributed by atoms with Crippen molar-refractivity contribution < 1.29 is 28.5 Å². The monoisotopic (exact) mass is 404 g/mol. The fraction of sp³-hybridized carbons (Fsp3) is 0.200. The van der Waals surface area contributed by atoms with Crippen LogP contribution < -0.4 is 15.1 Å². The van der Waals surface area contributed by atoms with Crippen LogP contribution in [0.4, 0.5) is 0 Å². The number of benzene rings is 2. The molecule has 0 fully saturated rings. The third-order valence-corrected chi connectivity index (χ3v) is 4.53. The molecule has 0 saturated carbocycles. The number of carbonyl (C=O) groups is 1. The van der Waals surface area contributed by atoms with Gasteiger partial charge >= 0.3 is 11.6 Å². The van der Waals surface area contributed by atoms with E-state index in [4.69, 9.17) is 30.2 Å². The number of aromatic hydroxyl groups is 1. The summed E-state index contributed by atoms with van der Waals surface area (Å²) in [6.45, 7) is 1.46. The van der Waals surface area contributed by atoms with E-state index in [0.717, 1.165) is 0 Å². The van der Waals surface area contributed by atoms with Gasteiger partial charge in [-0.25, -0.2) is 9.59 Å². The second-order valence-corrected chi connectivity index (χ2v) is 6.35. The van der Waals surface area contributed by atoms with Crippen LogP contribution in [0.15, 0.2) is 39.5 Å². The molecule has 0 saturated heterocycles. The quantitative estimate of drug-likeness (QED) is 0.510. The van der Waals surface area contributed by atoms with Crippen molar-refractivity contribution in [1.82, 2.24) is 0 Å². The summed E-state index contributed by atoms with van der Waals surface area (Å²) in [5.74, 6) is -0.0500. The molecular weight excluding hydrogens is 388 g/mol. The molecule has 1 heterocycles. The minimum Gasteiger partial charge on any atom is -0.508 e. The van der Waals surface area contributed by atoms with Crippen LogP contribution >= 0.6 is 11.6 Å². The maximum Gasteiger partial charge on any atom is 0.338 e. The van der Waals surface area contributed by atoms with Gasteiger partial charge in [0.15, 0.2) is 11.5 Å². The van der Waals surface area contributed by atoms with Crippen molar-refractivity contribution in [2.75, 3.05) is 14.2 Å². The molecule has 146 valence electrons. The molecule has 0 amide bonds. The van der Waals surface area contributed by atoms with Crippen molar-refractivity contribution in [3.8, 4) is 17.2 Å². The van der Waals surface area contributed by atoms with Crippen LogP contribution in [0.2, 0.25) is 5.02 Å². The average Bonchev–Trinajstić information content (AvgIpc) is 2.68. The maximum atomic E-state index is 12.5. The van der Waals surface area contributed by atoms with Crippen molar-refractivity contribution in [3.05, 3.63) is 62.5 Å². The lowest BCUT2D eigenvalue weighted by Gasteiger charge is -2.12. The number of ether oxygens (including phenoxy) is 3. The van der Waals surface area contributed by atoms with Gasteiger partial charge in [-0.3, -0.25) is 0 Å². The number of methoxy groups -OCH3 is 2. The van der Waals surface area contributed by atoms with E-state index in [0.29, 0.717) is 28.0 Å². The highest BCUT2D eigenvalue weighted by atomic mass is 35.5. The molecule has 0 atom stereocenters. The zero-order chi connectivity index (χ0) is 20.4. The molecule has 7 nitrogen and oxygen atoms in total. The first-order chi connectivity index (χ1) is 13.3. The molecule has 0 unspecified atom stereocenters. The van der Waals surface area contributed by atoms with Gasteiger partial charge in [0.1, 0.15) is 17.9 Å². The number of fused-ring (bicyclic) bond motifs is 1. The molecule has 3 rings (SSSR count). The summed E-state index contributed by atoms with van der Waals surface area (Å²) in [5, 5.41) is 10.6. The molecule has 1 aromatic heterocycles. The molecule has 3 aromatic rings. The van der Waals surface area contributed by atoms with Gasteiger partial charge in [0.05, 0.1) is 24.8 Å². The van der Waals surface area contributed by atoms with Crippen molar-refractivity contribution in [2.24, 2.45) is 0 Å². The van der Waals surface area contributed by atoms with E-state index in [-0.39, 0.29) is 28.5 Å². The van der Waals surface area contributed by atoms with E-state index >= 15 is 0 Å². The summed E-state index contributed by atoms with van der Waals surface area (Å²) < 4.78 is 20.8. The van der Waals surface area contributed by atoms with Gasteiger partial charge in [-0.1, -0.05) is 11.6 Å². The van der Waals surface area contributed by atoms with Crippen molar-refractivity contribution in [3.63, 3.8) is 0 Å². The van der Waals surface area contributed by atoms with Crippen LogP contribution in [0.5, 0.6) is 17.2 Å². The largest absolute Gasteiger partial charge is 0.508 e. The number of hydrogen-bond acceptors (Lipinski definition) is 7. The highest BCUT2D eigenvalue weighted by Gasteiger charge is 2.17. The lowest BCUT2D eigenvalue weighted by Crippen LogP contribution is -2.09. The van der Waals surface area contributed by atoms with Crippen LogP contribution in [-0.2, 0) is 11.3 Å². The van der Waals surface area contributed by atoms with Gasteiger partial charge in [-0.05, 0) is 31.2 Å². The van der Waals surface area contributed by atoms with E-state index in [1.54, 1.807) is 13.0 Å². The molecule has 28 heavy (non-hydrogen) atoms. The summed E-state index contributed by atoms with van der Waals surface area (Å²) >= 11 is 6.12. The number of halogens is 1. The molecule has 0 radical (unpaired) electrons. The Balaban J connectivity index is 1.91. The van der Waals surface area contributed by atoms with Crippen LogP contribution in [0.25, 0.3) is 11.0 Å². The van der Waals surface area contributed by atoms with Gasteiger partial charge in [0.25, 0.3) is 0 Å². The summed E-state index contributed by atoms with van der Waals surface area (Å²) in [4.78, 5) is 24.3. The van der Waals surface area contributed by atoms with Crippen LogP contribution in [-0.4, -0.2) is 25.3 Å². The summed E-state index contributed by atoms with van der Waals surface area (Å²) in [5.41, 5.74) is 0.682. The topological polar surface area (TPSA) is 95.2 Å². The molecule has 0 aliphatic carbocycles. The number of phenolic OH excluding ortho intramolecular Hbond substituents is 1. The molecule has 0 spiro atoms. The van der Waals surface area contributed by atoms with Gasteiger partial charge in [-0.15, -0.1) is 0 Å². The summed E-state index contributed by atoms with van der Waals surface area (Å²) in [7, 11) is 2.87. The van der Waals surface area contributed by atoms with Crippen molar-refractivity contribution in [1.29, 1.82) is 0 Å². The first-order valence-corrected chi connectivity index (χ1v) is 8.57. The Morgan fingerprint density at radius 3 is 2.61 bits per heavy atom. The second-order valence-electron chi connectivity index (χ2n) is 5.95. The van der Waals surface area contributed by atoms with Gasteiger partial charge in [0, 0.05) is 22.6 Å². The average molecular weight is 405 g/mol. The number of esters is 1. The van der Waals surface area contributed by atoms with Crippen LogP contribution in [0.3, 0.4) is 0 Å². The molecule has 1 N–H and O–H groups in total. The maximum absolute atomic E-state index is 12.5. The van der Waals surface area contributed by atoms with Crippen LogP contribution in [0, 0.1) is 6.92 Å². The fourth-order valence-corrected chi connectivity index (χ4v) is 3.09. The Morgan fingerprint density at radius 2 is 1.93 bits per heavy atom. The van der Waals surface area contributed by atoms with Gasteiger partial charge < -0.3 is 23.7 Å². The van der Waals surface area contributed by atoms with Gasteiger partial charge in [-0.2, -0.15) is 0 Å². The lowest BCUT2D eigenvalue weighted by atomic mass is 10.1. The highest BCUT2D eigenvalue weighted by molar-refractivity contribution is 6.32. The smallest absolute Gasteiger partial charge is 0.338 e. The first-order valence-electron chi connectivity index (χ1n) is 8.19. The molecule has 0 bridgehead atoms. The number of carbonyl (C=O) groups excluding carboxylic acids is 1. The number of aryl methyl sites for hydroxylation is 1. The van der Waals surface area contributed by atoms with Crippen molar-refractivity contribution >= 4 is 28.5 Å². The zero-order valence-corrected chi connectivity index (χ0v) is 16.1. The Bertz CT molecular complexity index is 1120.